The Morgan fingerprint density at radius 1 is 1.20 bits per heavy atom. The van der Waals surface area contributed by atoms with Gasteiger partial charge in [-0.25, -0.2) is 4.68 Å². The molecule has 1 unspecified atom stereocenters. The van der Waals surface area contributed by atoms with Crippen LogP contribution in [0, 0.1) is 5.41 Å². The highest BCUT2D eigenvalue weighted by Gasteiger charge is 2.12. The molecule has 0 bridgehead atoms. The first-order chi connectivity index (χ1) is 9.46. The average Bonchev–Trinajstić information content (AvgIpc) is 2.88. The maximum absolute atomic E-state index is 4.44. The molecule has 0 fully saturated rings. The zero-order valence-electron chi connectivity index (χ0n) is 12.9. The van der Waals surface area contributed by atoms with Gasteiger partial charge in [-0.1, -0.05) is 39.0 Å². The maximum atomic E-state index is 4.44. The van der Waals surface area contributed by atoms with E-state index in [-0.39, 0.29) is 0 Å². The molecule has 1 heterocycles. The summed E-state index contributed by atoms with van der Waals surface area (Å²) in [6.07, 6.45) is 5.22. The average molecular weight is 271 g/mol. The summed E-state index contributed by atoms with van der Waals surface area (Å²) in [4.78, 5) is 0. The van der Waals surface area contributed by atoms with Crippen LogP contribution in [0.1, 0.15) is 45.7 Å². The van der Waals surface area contributed by atoms with E-state index in [1.807, 2.05) is 29.1 Å². The lowest BCUT2D eigenvalue weighted by Crippen LogP contribution is -2.23. The smallest absolute Gasteiger partial charge is 0.0645 e. The number of para-hydroxylation sites is 1. The quantitative estimate of drug-likeness (QED) is 0.892. The lowest BCUT2D eigenvalue weighted by atomic mass is 9.92. The van der Waals surface area contributed by atoms with Crippen LogP contribution < -0.4 is 5.32 Å². The summed E-state index contributed by atoms with van der Waals surface area (Å²) in [6.45, 7) is 10.0. The standard InChI is InChI=1S/C17H25N3/c1-14(18-11-10-17(2,3)4)15-12-19-20(13-15)16-8-6-5-7-9-16/h5-9,12-14,18H,10-11H2,1-4H3. The van der Waals surface area contributed by atoms with Gasteiger partial charge in [-0.05, 0) is 37.4 Å². The van der Waals surface area contributed by atoms with Crippen LogP contribution in [0.5, 0.6) is 0 Å². The van der Waals surface area contributed by atoms with Gasteiger partial charge in [-0.3, -0.25) is 0 Å². The van der Waals surface area contributed by atoms with Crippen molar-refractivity contribution in [2.45, 2.75) is 40.2 Å². The van der Waals surface area contributed by atoms with E-state index in [2.05, 4.69) is 56.4 Å². The predicted octanol–water partition coefficient (Wildman–Crippen LogP) is 3.96. The van der Waals surface area contributed by atoms with Gasteiger partial charge in [0.2, 0.25) is 0 Å². The summed E-state index contributed by atoms with van der Waals surface area (Å²) in [7, 11) is 0. The molecule has 1 aromatic carbocycles. The van der Waals surface area contributed by atoms with Crippen LogP contribution >= 0.6 is 0 Å². The molecule has 0 amide bonds. The predicted molar refractivity (Wildman–Crippen MR) is 84.1 cm³/mol. The van der Waals surface area contributed by atoms with Crippen LogP contribution in [0.15, 0.2) is 42.7 Å². The molecule has 0 aliphatic rings. The molecule has 0 radical (unpaired) electrons. The first-order valence-electron chi connectivity index (χ1n) is 7.29. The van der Waals surface area contributed by atoms with E-state index in [1.54, 1.807) is 0 Å². The normalized spacial score (nSPS) is 13.4. The van der Waals surface area contributed by atoms with Gasteiger partial charge in [0.1, 0.15) is 0 Å². The second-order valence-corrected chi connectivity index (χ2v) is 6.54. The fourth-order valence-electron chi connectivity index (χ4n) is 2.06. The Labute approximate surface area is 122 Å². The van der Waals surface area contributed by atoms with Crippen LogP contribution in [0.2, 0.25) is 0 Å². The molecule has 3 heteroatoms. The number of nitrogens with one attached hydrogen (secondary N) is 1. The molecule has 0 saturated carbocycles. The molecule has 0 aliphatic heterocycles. The highest BCUT2D eigenvalue weighted by atomic mass is 15.3. The summed E-state index contributed by atoms with van der Waals surface area (Å²) >= 11 is 0. The van der Waals surface area contributed by atoms with E-state index in [0.29, 0.717) is 11.5 Å². The minimum Gasteiger partial charge on any atom is -0.310 e. The Morgan fingerprint density at radius 3 is 2.55 bits per heavy atom. The Morgan fingerprint density at radius 2 is 1.90 bits per heavy atom. The molecule has 1 atom stereocenters. The van der Waals surface area contributed by atoms with Crippen molar-refractivity contribution >= 4 is 0 Å². The fraction of sp³-hybridized carbons (Fsp3) is 0.471. The van der Waals surface area contributed by atoms with Crippen molar-refractivity contribution in [3.8, 4) is 5.69 Å². The molecular formula is C17H25N3. The number of benzene rings is 1. The molecular weight excluding hydrogens is 246 g/mol. The first-order valence-corrected chi connectivity index (χ1v) is 7.29. The van der Waals surface area contributed by atoms with Crippen LogP contribution in [0.3, 0.4) is 0 Å². The number of hydrogen-bond donors (Lipinski definition) is 1. The summed E-state index contributed by atoms with van der Waals surface area (Å²) in [5.41, 5.74) is 2.70. The molecule has 2 rings (SSSR count). The summed E-state index contributed by atoms with van der Waals surface area (Å²) in [5.74, 6) is 0. The second-order valence-electron chi connectivity index (χ2n) is 6.54. The highest BCUT2D eigenvalue weighted by Crippen LogP contribution is 2.19. The molecule has 108 valence electrons. The Balaban J connectivity index is 1.95. The first kappa shape index (κ1) is 14.8. The van der Waals surface area contributed by atoms with Gasteiger partial charge in [-0.15, -0.1) is 0 Å². The lowest BCUT2D eigenvalue weighted by Gasteiger charge is -2.20. The van der Waals surface area contributed by atoms with Gasteiger partial charge in [0.05, 0.1) is 11.9 Å². The molecule has 0 aliphatic carbocycles. The topological polar surface area (TPSA) is 29.9 Å². The zero-order chi connectivity index (χ0) is 14.6. The molecule has 3 nitrogen and oxygen atoms in total. The van der Waals surface area contributed by atoms with Gasteiger partial charge in [0.15, 0.2) is 0 Å². The van der Waals surface area contributed by atoms with E-state index in [4.69, 9.17) is 0 Å². The van der Waals surface area contributed by atoms with Crippen molar-refractivity contribution in [3.63, 3.8) is 0 Å². The maximum Gasteiger partial charge on any atom is 0.0645 e. The van der Waals surface area contributed by atoms with Crippen LogP contribution in [-0.2, 0) is 0 Å². The third-order valence-corrected chi connectivity index (χ3v) is 3.45. The van der Waals surface area contributed by atoms with E-state index < -0.39 is 0 Å². The fourth-order valence-corrected chi connectivity index (χ4v) is 2.06. The van der Waals surface area contributed by atoms with Crippen molar-refractivity contribution in [1.82, 2.24) is 15.1 Å². The van der Waals surface area contributed by atoms with Gasteiger partial charge in [-0.2, -0.15) is 5.10 Å². The van der Waals surface area contributed by atoms with Crippen LogP contribution in [-0.4, -0.2) is 16.3 Å². The van der Waals surface area contributed by atoms with E-state index in [0.717, 1.165) is 12.2 Å². The second kappa shape index (κ2) is 6.23. The Kier molecular flexibility index (Phi) is 4.61. The Bertz CT molecular complexity index is 523. The molecule has 0 saturated heterocycles. The summed E-state index contributed by atoms with van der Waals surface area (Å²) in [5, 5.41) is 8.01. The molecule has 0 spiro atoms. The van der Waals surface area contributed by atoms with Crippen LogP contribution in [0.25, 0.3) is 5.69 Å². The zero-order valence-corrected chi connectivity index (χ0v) is 12.9. The van der Waals surface area contributed by atoms with Gasteiger partial charge >= 0.3 is 0 Å². The van der Waals surface area contributed by atoms with Crippen molar-refractivity contribution < 1.29 is 0 Å². The Hall–Kier alpha value is -1.61. The molecule has 2 aromatic rings. The van der Waals surface area contributed by atoms with Crippen molar-refractivity contribution in [1.29, 1.82) is 0 Å². The third kappa shape index (κ3) is 4.20. The van der Waals surface area contributed by atoms with Gasteiger partial charge in [0, 0.05) is 17.8 Å². The molecule has 1 N–H and O–H groups in total. The SMILES string of the molecule is CC(NCCC(C)(C)C)c1cnn(-c2ccccc2)c1. The van der Waals surface area contributed by atoms with E-state index >= 15 is 0 Å². The van der Waals surface area contributed by atoms with Gasteiger partial charge < -0.3 is 5.32 Å². The number of nitrogens with zero attached hydrogens (tertiary/aromatic N) is 2. The minimum atomic E-state index is 0.329. The molecule has 1 aromatic heterocycles. The largest absolute Gasteiger partial charge is 0.310 e. The van der Waals surface area contributed by atoms with Crippen molar-refractivity contribution in [2.24, 2.45) is 5.41 Å². The van der Waals surface area contributed by atoms with Crippen LogP contribution in [0.4, 0.5) is 0 Å². The highest BCUT2D eigenvalue weighted by molar-refractivity contribution is 5.31. The third-order valence-electron chi connectivity index (χ3n) is 3.45. The number of hydrogen-bond acceptors (Lipinski definition) is 2. The van der Waals surface area contributed by atoms with E-state index in [1.165, 1.54) is 12.0 Å². The lowest BCUT2D eigenvalue weighted by molar-refractivity contribution is 0.358. The monoisotopic (exact) mass is 271 g/mol. The van der Waals surface area contributed by atoms with E-state index in [9.17, 15) is 0 Å². The van der Waals surface area contributed by atoms with Crippen molar-refractivity contribution in [3.05, 3.63) is 48.3 Å². The number of aromatic nitrogens is 2. The molecule has 20 heavy (non-hydrogen) atoms. The summed E-state index contributed by atoms with van der Waals surface area (Å²) in [6, 6.07) is 10.5. The van der Waals surface area contributed by atoms with Gasteiger partial charge in [0.25, 0.3) is 0 Å². The van der Waals surface area contributed by atoms with Crippen molar-refractivity contribution in [2.75, 3.05) is 6.54 Å². The number of rotatable bonds is 5. The summed E-state index contributed by atoms with van der Waals surface area (Å²) < 4.78 is 1.93. The minimum absolute atomic E-state index is 0.329.